The number of hydrogen-bond acceptors (Lipinski definition) is 6. The van der Waals surface area contributed by atoms with Crippen LogP contribution in [0.25, 0.3) is 11.1 Å². The normalized spacial score (nSPS) is 17.3. The first kappa shape index (κ1) is 33.2. The van der Waals surface area contributed by atoms with E-state index in [1.165, 1.54) is 22.8 Å². The first-order valence-electron chi connectivity index (χ1n) is 15.1. The summed E-state index contributed by atoms with van der Waals surface area (Å²) in [7, 11) is 3.26. The number of rotatable bonds is 10. The second-order valence-corrected chi connectivity index (χ2v) is 13.1. The van der Waals surface area contributed by atoms with Crippen LogP contribution in [0.3, 0.4) is 0 Å². The lowest BCUT2D eigenvalue weighted by Crippen LogP contribution is -2.46. The average molecular weight is 609 g/mol. The molecule has 2 aromatic carbocycles. The zero-order chi connectivity index (χ0) is 32.4. The molecule has 1 amide bonds. The van der Waals surface area contributed by atoms with Gasteiger partial charge in [0, 0.05) is 43.6 Å². The maximum absolute atomic E-state index is 14.0. The first-order valence-corrected chi connectivity index (χ1v) is 15.1. The van der Waals surface area contributed by atoms with E-state index in [1.807, 2.05) is 19.9 Å². The average Bonchev–Trinajstić information content (AvgIpc) is 2.93. The van der Waals surface area contributed by atoms with Gasteiger partial charge in [0.25, 0.3) is 5.56 Å². The molecule has 1 heterocycles. The van der Waals surface area contributed by atoms with Gasteiger partial charge in [-0.2, -0.15) is 0 Å². The van der Waals surface area contributed by atoms with E-state index in [0.29, 0.717) is 64.5 Å². The standard InChI is InChI=1S/C35H45FN2O6/c1-21-15-24(36)16-22(2)32(21)44-29-14-9-23(35(5,6)41)17-27(29)28-19-38(7)31(39)18-30(28)43-26-12-10-25(11-13-26)37-33(40)34(3,4)20-42-8/h9,14-19,25-26,41H,10-13,20H2,1-8H3,(H,37,40)/t25-,26-. The van der Waals surface area contributed by atoms with Crippen LogP contribution in [0.5, 0.6) is 17.2 Å². The number of benzene rings is 2. The summed E-state index contributed by atoms with van der Waals surface area (Å²) in [6.45, 7) is 11.0. The van der Waals surface area contributed by atoms with Gasteiger partial charge in [0.1, 0.15) is 23.1 Å². The third-order valence-corrected chi connectivity index (χ3v) is 8.23. The SMILES string of the molecule is COCC(C)(C)C(=O)N[C@H]1CC[C@H](Oc2cc(=O)n(C)cc2-c2cc(C(C)(C)O)ccc2Oc2c(C)cc(F)cc2C)CC1. The van der Waals surface area contributed by atoms with Crippen LogP contribution in [0.2, 0.25) is 0 Å². The fourth-order valence-electron chi connectivity index (χ4n) is 5.60. The van der Waals surface area contributed by atoms with Crippen molar-refractivity contribution >= 4 is 5.91 Å². The summed E-state index contributed by atoms with van der Waals surface area (Å²) in [5.41, 5.74) is 1.21. The van der Waals surface area contributed by atoms with Gasteiger partial charge >= 0.3 is 0 Å². The fraction of sp³-hybridized carbons (Fsp3) is 0.486. The lowest BCUT2D eigenvalue weighted by atomic mass is 9.89. The second-order valence-electron chi connectivity index (χ2n) is 13.1. The van der Waals surface area contributed by atoms with Crippen molar-refractivity contribution in [3.05, 3.63) is 75.5 Å². The Morgan fingerprint density at radius 1 is 1.00 bits per heavy atom. The van der Waals surface area contributed by atoms with Crippen LogP contribution >= 0.6 is 0 Å². The highest BCUT2D eigenvalue weighted by Gasteiger charge is 2.32. The minimum Gasteiger partial charge on any atom is -0.490 e. The fourth-order valence-corrected chi connectivity index (χ4v) is 5.60. The van der Waals surface area contributed by atoms with Gasteiger partial charge < -0.3 is 29.2 Å². The number of carbonyl (C=O) groups is 1. The number of hydrogen-bond donors (Lipinski definition) is 2. The molecule has 0 spiro atoms. The maximum atomic E-state index is 14.0. The van der Waals surface area contributed by atoms with Crippen LogP contribution in [-0.4, -0.2) is 41.4 Å². The van der Waals surface area contributed by atoms with Gasteiger partial charge in [-0.1, -0.05) is 6.07 Å². The van der Waals surface area contributed by atoms with Crippen molar-refractivity contribution < 1.29 is 28.5 Å². The lowest BCUT2D eigenvalue weighted by molar-refractivity contribution is -0.133. The highest BCUT2D eigenvalue weighted by molar-refractivity contribution is 5.82. The number of halogens is 1. The van der Waals surface area contributed by atoms with Gasteiger partial charge in [-0.25, -0.2) is 4.39 Å². The molecule has 3 aromatic rings. The van der Waals surface area contributed by atoms with Gasteiger partial charge in [0.05, 0.1) is 23.7 Å². The highest BCUT2D eigenvalue weighted by Crippen LogP contribution is 2.42. The van der Waals surface area contributed by atoms with E-state index in [0.717, 1.165) is 12.8 Å². The molecule has 0 aliphatic heterocycles. The molecule has 0 radical (unpaired) electrons. The summed E-state index contributed by atoms with van der Waals surface area (Å²) < 4.78 is 33.7. The predicted molar refractivity (Wildman–Crippen MR) is 169 cm³/mol. The number of aromatic nitrogens is 1. The van der Waals surface area contributed by atoms with Crippen LogP contribution < -0.4 is 20.3 Å². The van der Waals surface area contributed by atoms with E-state index in [-0.39, 0.29) is 29.4 Å². The molecular weight excluding hydrogens is 563 g/mol. The molecule has 4 rings (SSSR count). The largest absolute Gasteiger partial charge is 0.490 e. The van der Waals surface area contributed by atoms with Crippen molar-refractivity contribution in [3.63, 3.8) is 0 Å². The minimum absolute atomic E-state index is 0.0345. The smallest absolute Gasteiger partial charge is 0.254 e. The molecule has 1 aromatic heterocycles. The van der Waals surface area contributed by atoms with Crippen molar-refractivity contribution in [1.29, 1.82) is 0 Å². The Bertz CT molecular complexity index is 1540. The Morgan fingerprint density at radius 3 is 2.23 bits per heavy atom. The molecular formula is C35H45FN2O6. The number of carbonyl (C=O) groups excluding carboxylic acids is 1. The third kappa shape index (κ3) is 7.68. The summed E-state index contributed by atoms with van der Waals surface area (Å²) in [4.78, 5) is 25.6. The Labute approximate surface area is 259 Å². The van der Waals surface area contributed by atoms with E-state index < -0.39 is 11.0 Å². The molecule has 1 aliphatic carbocycles. The van der Waals surface area contributed by atoms with E-state index >= 15 is 0 Å². The topological polar surface area (TPSA) is 99.0 Å². The van der Waals surface area contributed by atoms with Gasteiger partial charge in [-0.15, -0.1) is 0 Å². The number of nitrogens with one attached hydrogen (secondary N) is 1. The lowest BCUT2D eigenvalue weighted by Gasteiger charge is -2.32. The molecule has 8 nitrogen and oxygen atoms in total. The van der Waals surface area contributed by atoms with Gasteiger partial charge in [-0.05, 0) is 108 Å². The van der Waals surface area contributed by atoms with Crippen molar-refractivity contribution in [2.45, 2.75) is 85.0 Å². The van der Waals surface area contributed by atoms with Crippen molar-refractivity contribution in [1.82, 2.24) is 9.88 Å². The number of aliphatic hydroxyl groups is 1. The van der Waals surface area contributed by atoms with Crippen molar-refractivity contribution in [2.24, 2.45) is 12.5 Å². The molecule has 0 bridgehead atoms. The zero-order valence-corrected chi connectivity index (χ0v) is 27.0. The minimum atomic E-state index is -1.14. The molecule has 1 aliphatic rings. The molecule has 0 unspecified atom stereocenters. The summed E-state index contributed by atoms with van der Waals surface area (Å²) in [6.07, 6.45) is 4.43. The molecule has 0 saturated heterocycles. The molecule has 0 atom stereocenters. The van der Waals surface area contributed by atoms with Gasteiger partial charge in [-0.3, -0.25) is 9.59 Å². The maximum Gasteiger partial charge on any atom is 0.254 e. The Morgan fingerprint density at radius 2 is 1.64 bits per heavy atom. The van der Waals surface area contributed by atoms with Crippen LogP contribution in [-0.2, 0) is 22.2 Å². The quantitative estimate of drug-likeness (QED) is 0.280. The van der Waals surface area contributed by atoms with E-state index in [9.17, 15) is 19.1 Å². The highest BCUT2D eigenvalue weighted by atomic mass is 19.1. The number of nitrogens with zero attached hydrogens (tertiary/aromatic N) is 1. The Balaban J connectivity index is 1.66. The monoisotopic (exact) mass is 608 g/mol. The third-order valence-electron chi connectivity index (χ3n) is 8.23. The van der Waals surface area contributed by atoms with Gasteiger partial charge in [0.15, 0.2) is 0 Å². The number of ether oxygens (including phenoxy) is 3. The number of aryl methyl sites for hydroxylation is 3. The summed E-state index contributed by atoms with van der Waals surface area (Å²) in [5.74, 6) is 1.04. The van der Waals surface area contributed by atoms with E-state index in [2.05, 4.69) is 5.32 Å². The molecule has 9 heteroatoms. The summed E-state index contributed by atoms with van der Waals surface area (Å²) in [6, 6.07) is 9.76. The predicted octanol–water partition coefficient (Wildman–Crippen LogP) is 6.31. The summed E-state index contributed by atoms with van der Waals surface area (Å²) >= 11 is 0. The van der Waals surface area contributed by atoms with Crippen LogP contribution in [0, 0.1) is 25.1 Å². The summed E-state index contributed by atoms with van der Waals surface area (Å²) in [5, 5.41) is 14.0. The van der Waals surface area contributed by atoms with E-state index in [1.54, 1.807) is 60.2 Å². The molecule has 1 fully saturated rings. The van der Waals surface area contributed by atoms with Crippen molar-refractivity contribution in [3.8, 4) is 28.4 Å². The van der Waals surface area contributed by atoms with Crippen LogP contribution in [0.4, 0.5) is 4.39 Å². The number of amides is 1. The second kappa shape index (κ2) is 13.1. The van der Waals surface area contributed by atoms with E-state index in [4.69, 9.17) is 14.2 Å². The Kier molecular flexibility index (Phi) is 9.90. The number of pyridine rings is 1. The molecule has 44 heavy (non-hydrogen) atoms. The molecule has 238 valence electrons. The number of methoxy groups -OCH3 is 1. The van der Waals surface area contributed by atoms with Crippen LogP contribution in [0.15, 0.2) is 47.4 Å². The molecule has 1 saturated carbocycles. The van der Waals surface area contributed by atoms with Crippen LogP contribution in [0.1, 0.15) is 70.1 Å². The zero-order valence-electron chi connectivity index (χ0n) is 27.0. The first-order chi connectivity index (χ1) is 20.6. The van der Waals surface area contributed by atoms with Crippen molar-refractivity contribution in [2.75, 3.05) is 13.7 Å². The Hall–Kier alpha value is -3.69. The van der Waals surface area contributed by atoms with Gasteiger partial charge in [0.2, 0.25) is 5.91 Å². The molecule has 2 N–H and O–H groups in total.